The third-order valence-electron chi connectivity index (χ3n) is 3.50. The van der Waals surface area contributed by atoms with Gasteiger partial charge in [0.15, 0.2) is 0 Å². The first-order valence-corrected chi connectivity index (χ1v) is 10.9. The van der Waals surface area contributed by atoms with E-state index in [4.69, 9.17) is 0 Å². The highest BCUT2D eigenvalue weighted by Gasteiger charge is 2.16. The summed E-state index contributed by atoms with van der Waals surface area (Å²) in [4.78, 5) is 2.41. The number of nitrogens with zero attached hydrogens (tertiary/aromatic N) is 1. The van der Waals surface area contributed by atoms with Gasteiger partial charge in [0.25, 0.3) is 0 Å². The van der Waals surface area contributed by atoms with Gasteiger partial charge in [-0.05, 0) is 30.5 Å². The van der Waals surface area contributed by atoms with Crippen molar-refractivity contribution >= 4 is 8.07 Å². The lowest BCUT2D eigenvalue weighted by Gasteiger charge is -2.29. The molecule has 0 aromatic heterocycles. The van der Waals surface area contributed by atoms with Gasteiger partial charge in [-0.3, -0.25) is 4.90 Å². The Balaban J connectivity index is 1.93. The highest BCUT2D eigenvalue weighted by Crippen LogP contribution is 2.14. The van der Waals surface area contributed by atoms with Gasteiger partial charge in [0.1, 0.15) is 8.07 Å². The second kappa shape index (κ2) is 6.58. The van der Waals surface area contributed by atoms with E-state index in [9.17, 15) is 5.11 Å². The van der Waals surface area contributed by atoms with Crippen LogP contribution in [-0.2, 0) is 6.54 Å². The standard InChI is InChI=1S/C17H25NOSi/c1-20(2,3)13-10-15-4-6-16(7-5-15)14-18-11-8-17(19)9-12-18/h4-7,17,19H,8-9,11-12,14H2,1-3H3. The predicted octanol–water partition coefficient (Wildman–Crippen LogP) is 2.87. The Labute approximate surface area is 123 Å². The Hall–Kier alpha value is -1.08. The zero-order valence-corrected chi connectivity index (χ0v) is 13.8. The summed E-state index contributed by atoms with van der Waals surface area (Å²) in [5, 5.41) is 9.52. The fourth-order valence-electron chi connectivity index (χ4n) is 2.29. The highest BCUT2D eigenvalue weighted by molar-refractivity contribution is 6.83. The van der Waals surface area contributed by atoms with Crippen molar-refractivity contribution < 1.29 is 5.11 Å². The van der Waals surface area contributed by atoms with Crippen LogP contribution in [0.2, 0.25) is 19.6 Å². The molecule has 0 aliphatic carbocycles. The minimum atomic E-state index is -1.29. The minimum absolute atomic E-state index is 0.0922. The summed E-state index contributed by atoms with van der Waals surface area (Å²) in [6.45, 7) is 9.77. The van der Waals surface area contributed by atoms with E-state index < -0.39 is 8.07 Å². The molecule has 3 heteroatoms. The van der Waals surface area contributed by atoms with Crippen molar-refractivity contribution in [2.45, 2.75) is 45.1 Å². The van der Waals surface area contributed by atoms with Crippen LogP contribution in [0.15, 0.2) is 24.3 Å². The van der Waals surface area contributed by atoms with Crippen LogP contribution in [0.25, 0.3) is 0 Å². The maximum Gasteiger partial charge on any atom is 0.129 e. The third-order valence-corrected chi connectivity index (χ3v) is 4.37. The topological polar surface area (TPSA) is 23.5 Å². The second-order valence-corrected chi connectivity index (χ2v) is 11.5. The average Bonchev–Trinajstić information content (AvgIpc) is 2.40. The molecule has 0 amide bonds. The molecule has 1 aliphatic heterocycles. The molecule has 20 heavy (non-hydrogen) atoms. The number of piperidine rings is 1. The first-order valence-electron chi connectivity index (χ1n) is 7.45. The lowest BCUT2D eigenvalue weighted by atomic mass is 10.1. The van der Waals surface area contributed by atoms with Crippen LogP contribution in [0.4, 0.5) is 0 Å². The van der Waals surface area contributed by atoms with Gasteiger partial charge in [-0.15, -0.1) is 5.54 Å². The fourth-order valence-corrected chi connectivity index (χ4v) is 2.81. The lowest BCUT2D eigenvalue weighted by Crippen LogP contribution is -2.35. The highest BCUT2D eigenvalue weighted by atomic mass is 28.3. The molecule has 0 spiro atoms. The number of aliphatic hydroxyl groups is 1. The van der Waals surface area contributed by atoms with Gasteiger partial charge in [0.05, 0.1) is 6.10 Å². The van der Waals surface area contributed by atoms with E-state index in [-0.39, 0.29) is 6.10 Å². The Kier molecular flexibility index (Phi) is 5.04. The van der Waals surface area contributed by atoms with Crippen molar-refractivity contribution in [3.05, 3.63) is 35.4 Å². The van der Waals surface area contributed by atoms with Gasteiger partial charge < -0.3 is 5.11 Å². The molecule has 1 N–H and O–H groups in total. The summed E-state index contributed by atoms with van der Waals surface area (Å²) in [5.41, 5.74) is 5.84. The van der Waals surface area contributed by atoms with Crippen LogP contribution < -0.4 is 0 Å². The van der Waals surface area contributed by atoms with Crippen LogP contribution in [0.1, 0.15) is 24.0 Å². The molecule has 0 saturated carbocycles. The first kappa shape index (κ1) is 15.3. The van der Waals surface area contributed by atoms with Crippen molar-refractivity contribution in [3.63, 3.8) is 0 Å². The molecule has 2 rings (SSSR count). The second-order valence-electron chi connectivity index (χ2n) is 6.70. The van der Waals surface area contributed by atoms with E-state index in [1.165, 1.54) is 5.56 Å². The summed E-state index contributed by atoms with van der Waals surface area (Å²) in [6.07, 6.45) is 1.71. The quantitative estimate of drug-likeness (QED) is 0.668. The summed E-state index contributed by atoms with van der Waals surface area (Å²) in [6, 6.07) is 8.61. The maximum atomic E-state index is 9.52. The first-order chi connectivity index (χ1) is 9.42. The number of rotatable bonds is 2. The van der Waals surface area contributed by atoms with Crippen LogP contribution in [0, 0.1) is 11.5 Å². The summed E-state index contributed by atoms with van der Waals surface area (Å²) in [5.74, 6) is 3.29. The molecule has 1 fully saturated rings. The molecule has 1 heterocycles. The van der Waals surface area contributed by atoms with Gasteiger partial charge in [-0.2, -0.15) is 0 Å². The zero-order chi connectivity index (χ0) is 14.6. The number of hydrogen-bond donors (Lipinski definition) is 1. The molecule has 0 unspecified atom stereocenters. The molecule has 1 aromatic rings. The number of hydrogen-bond acceptors (Lipinski definition) is 2. The van der Waals surface area contributed by atoms with Gasteiger partial charge in [-0.1, -0.05) is 37.7 Å². The lowest BCUT2D eigenvalue weighted by molar-refractivity contribution is 0.0792. The largest absolute Gasteiger partial charge is 0.393 e. The van der Waals surface area contributed by atoms with E-state index in [0.29, 0.717) is 0 Å². The van der Waals surface area contributed by atoms with Crippen molar-refractivity contribution in [1.82, 2.24) is 4.90 Å². The Morgan fingerprint density at radius 3 is 2.30 bits per heavy atom. The fraction of sp³-hybridized carbons (Fsp3) is 0.529. The number of benzene rings is 1. The molecule has 1 aromatic carbocycles. The summed E-state index contributed by atoms with van der Waals surface area (Å²) >= 11 is 0. The molecule has 2 nitrogen and oxygen atoms in total. The third kappa shape index (κ3) is 5.13. The molecular formula is C17H25NOSi. The van der Waals surface area contributed by atoms with E-state index in [2.05, 4.69) is 60.3 Å². The molecule has 1 saturated heterocycles. The average molecular weight is 287 g/mol. The molecule has 0 radical (unpaired) electrons. The van der Waals surface area contributed by atoms with Crippen LogP contribution >= 0.6 is 0 Å². The van der Waals surface area contributed by atoms with Gasteiger partial charge in [0.2, 0.25) is 0 Å². The van der Waals surface area contributed by atoms with Crippen LogP contribution in [0.3, 0.4) is 0 Å². The molecule has 0 atom stereocenters. The van der Waals surface area contributed by atoms with Crippen LogP contribution in [-0.4, -0.2) is 37.3 Å². The normalized spacial score (nSPS) is 17.6. The van der Waals surface area contributed by atoms with Crippen molar-refractivity contribution in [3.8, 4) is 11.5 Å². The van der Waals surface area contributed by atoms with Gasteiger partial charge >= 0.3 is 0 Å². The van der Waals surface area contributed by atoms with Gasteiger partial charge in [0, 0.05) is 25.2 Å². The van der Waals surface area contributed by atoms with E-state index in [1.54, 1.807) is 0 Å². The molecule has 108 valence electrons. The van der Waals surface area contributed by atoms with Crippen LogP contribution in [0.5, 0.6) is 0 Å². The maximum absolute atomic E-state index is 9.52. The summed E-state index contributed by atoms with van der Waals surface area (Å²) < 4.78 is 0. The Bertz CT molecular complexity index is 484. The van der Waals surface area contributed by atoms with Gasteiger partial charge in [-0.25, -0.2) is 0 Å². The molecule has 0 bridgehead atoms. The van der Waals surface area contributed by atoms with E-state index >= 15 is 0 Å². The zero-order valence-electron chi connectivity index (χ0n) is 12.8. The Morgan fingerprint density at radius 1 is 1.15 bits per heavy atom. The molecule has 1 aliphatic rings. The monoisotopic (exact) mass is 287 g/mol. The smallest absolute Gasteiger partial charge is 0.129 e. The van der Waals surface area contributed by atoms with E-state index in [0.717, 1.165) is 38.0 Å². The van der Waals surface area contributed by atoms with Crippen molar-refractivity contribution in [1.29, 1.82) is 0 Å². The SMILES string of the molecule is C[Si](C)(C)C#Cc1ccc(CN2CCC(O)CC2)cc1. The molecular weight excluding hydrogens is 262 g/mol. The Morgan fingerprint density at radius 2 is 1.75 bits per heavy atom. The minimum Gasteiger partial charge on any atom is -0.393 e. The van der Waals surface area contributed by atoms with Crippen molar-refractivity contribution in [2.75, 3.05) is 13.1 Å². The van der Waals surface area contributed by atoms with E-state index in [1.807, 2.05) is 0 Å². The summed E-state index contributed by atoms with van der Waals surface area (Å²) in [7, 11) is -1.29. The van der Waals surface area contributed by atoms with Crippen molar-refractivity contribution in [2.24, 2.45) is 0 Å². The number of aliphatic hydroxyl groups excluding tert-OH is 1. The predicted molar refractivity (Wildman–Crippen MR) is 87.2 cm³/mol. The number of likely N-dealkylation sites (tertiary alicyclic amines) is 1.